The van der Waals surface area contributed by atoms with Crippen LogP contribution in [0.1, 0.15) is 24.2 Å². The molecule has 2 N–H and O–H groups in total. The maximum absolute atomic E-state index is 12.7. The monoisotopic (exact) mass is 467 g/mol. The topological polar surface area (TPSA) is 95.0 Å². The lowest BCUT2D eigenvalue weighted by molar-refractivity contribution is 0.0994. The number of carbonyl (C=O) groups is 1. The van der Waals surface area contributed by atoms with E-state index in [0.717, 1.165) is 9.99 Å². The zero-order valence-electron chi connectivity index (χ0n) is 14.7. The van der Waals surface area contributed by atoms with Crippen LogP contribution >= 0.6 is 27.7 Å². The fraction of sp³-hybridized carbons (Fsp3) is 0.222. The van der Waals surface area contributed by atoms with Gasteiger partial charge in [0.25, 0.3) is 0 Å². The number of sulfonamides is 1. The molecule has 0 aliphatic carbocycles. The first-order valence-corrected chi connectivity index (χ1v) is 11.4. The van der Waals surface area contributed by atoms with Crippen LogP contribution < -0.4 is 5.14 Å². The summed E-state index contributed by atoms with van der Waals surface area (Å²) >= 11 is 4.71. The van der Waals surface area contributed by atoms with E-state index in [1.54, 1.807) is 18.2 Å². The molecule has 1 atom stereocenters. The number of benzene rings is 2. The number of hydrogen-bond acceptors (Lipinski definition) is 5. The number of aryl methyl sites for hydroxylation is 1. The smallest absolute Gasteiger partial charge is 0.238 e. The number of nitrogens with zero attached hydrogens (tertiary/aromatic N) is 2. The second kappa shape index (κ2) is 7.75. The number of nitrogens with two attached hydrogens (primary N) is 1. The summed E-state index contributed by atoms with van der Waals surface area (Å²) in [6.07, 6.45) is 0. The van der Waals surface area contributed by atoms with E-state index in [4.69, 9.17) is 5.14 Å². The summed E-state index contributed by atoms with van der Waals surface area (Å²) in [6, 6.07) is 11.9. The average molecular weight is 468 g/mol. The van der Waals surface area contributed by atoms with Crippen molar-refractivity contribution in [3.8, 4) is 0 Å². The fourth-order valence-corrected chi connectivity index (χ4v) is 4.58. The third kappa shape index (κ3) is 4.26. The molecule has 27 heavy (non-hydrogen) atoms. The van der Waals surface area contributed by atoms with Gasteiger partial charge in [0.05, 0.1) is 21.2 Å². The van der Waals surface area contributed by atoms with Gasteiger partial charge in [-0.3, -0.25) is 4.79 Å². The van der Waals surface area contributed by atoms with Crippen LogP contribution in [0.15, 0.2) is 57.0 Å². The Bertz CT molecular complexity index is 1110. The summed E-state index contributed by atoms with van der Waals surface area (Å²) in [4.78, 5) is 17.2. The first-order valence-electron chi connectivity index (χ1n) is 8.20. The molecule has 2 aromatic carbocycles. The fourth-order valence-electron chi connectivity index (χ4n) is 2.72. The Kier molecular flexibility index (Phi) is 5.76. The van der Waals surface area contributed by atoms with Crippen molar-refractivity contribution < 1.29 is 13.2 Å². The standard InChI is InChI=1S/C18H18BrN3O3S2/c1-3-22-16-9-8-14(27(20,24)25)10-15(16)21-18(22)26-11(2)17(23)12-4-6-13(19)7-5-12/h4-11H,3H2,1-2H3,(H2,20,24,25)/t11-/m0/s1. The Morgan fingerprint density at radius 1 is 1.26 bits per heavy atom. The number of thioether (sulfide) groups is 1. The molecule has 142 valence electrons. The van der Waals surface area contributed by atoms with Gasteiger partial charge in [-0.25, -0.2) is 18.5 Å². The number of halogens is 1. The Morgan fingerprint density at radius 3 is 2.52 bits per heavy atom. The zero-order valence-corrected chi connectivity index (χ0v) is 17.9. The number of primary sulfonamides is 1. The number of rotatable bonds is 6. The van der Waals surface area contributed by atoms with Crippen molar-refractivity contribution in [1.29, 1.82) is 0 Å². The van der Waals surface area contributed by atoms with E-state index >= 15 is 0 Å². The van der Waals surface area contributed by atoms with Gasteiger partial charge >= 0.3 is 0 Å². The van der Waals surface area contributed by atoms with Crippen LogP contribution in [-0.2, 0) is 16.6 Å². The third-order valence-corrected chi connectivity index (χ3v) is 6.64. The first-order chi connectivity index (χ1) is 12.7. The van der Waals surface area contributed by atoms with Crippen molar-refractivity contribution in [3.63, 3.8) is 0 Å². The van der Waals surface area contributed by atoms with Crippen LogP contribution in [0, 0.1) is 0 Å². The predicted molar refractivity (Wildman–Crippen MR) is 111 cm³/mol. The molecule has 0 spiro atoms. The molecule has 1 heterocycles. The molecular formula is C18H18BrN3O3S2. The van der Waals surface area contributed by atoms with Gasteiger partial charge in [-0.05, 0) is 44.2 Å². The quantitative estimate of drug-likeness (QED) is 0.438. The highest BCUT2D eigenvalue weighted by Gasteiger charge is 2.21. The number of ketones is 1. The minimum atomic E-state index is -3.79. The van der Waals surface area contributed by atoms with Gasteiger partial charge < -0.3 is 4.57 Å². The van der Waals surface area contributed by atoms with Crippen molar-refractivity contribution in [2.45, 2.75) is 35.7 Å². The largest absolute Gasteiger partial charge is 0.319 e. The van der Waals surface area contributed by atoms with Crippen molar-refractivity contribution in [2.75, 3.05) is 0 Å². The van der Waals surface area contributed by atoms with Gasteiger partial charge in [0.15, 0.2) is 10.9 Å². The Hall–Kier alpha value is -1.68. The molecule has 0 aliphatic rings. The number of hydrogen-bond donors (Lipinski definition) is 1. The van der Waals surface area contributed by atoms with Crippen LogP contribution in [-0.4, -0.2) is 29.0 Å². The highest BCUT2D eigenvalue weighted by atomic mass is 79.9. The summed E-state index contributed by atoms with van der Waals surface area (Å²) < 4.78 is 26.0. The Balaban J connectivity index is 1.93. The second-order valence-electron chi connectivity index (χ2n) is 5.97. The van der Waals surface area contributed by atoms with Gasteiger partial charge in [-0.1, -0.05) is 39.8 Å². The highest BCUT2D eigenvalue weighted by Crippen LogP contribution is 2.30. The van der Waals surface area contributed by atoms with Gasteiger partial charge in [0.1, 0.15) is 0 Å². The average Bonchev–Trinajstić information content (AvgIpc) is 2.97. The maximum Gasteiger partial charge on any atom is 0.238 e. The van der Waals surface area contributed by atoms with Crippen LogP contribution in [0.4, 0.5) is 0 Å². The molecule has 3 aromatic rings. The highest BCUT2D eigenvalue weighted by molar-refractivity contribution is 9.10. The lowest BCUT2D eigenvalue weighted by Crippen LogP contribution is -2.14. The normalized spacial score (nSPS) is 13.0. The van der Waals surface area contributed by atoms with E-state index in [1.807, 2.05) is 30.5 Å². The minimum Gasteiger partial charge on any atom is -0.319 e. The molecule has 0 radical (unpaired) electrons. The number of carbonyl (C=O) groups excluding carboxylic acids is 1. The molecule has 1 aromatic heterocycles. The molecule has 0 fully saturated rings. The van der Waals surface area contributed by atoms with Crippen molar-refractivity contribution in [2.24, 2.45) is 5.14 Å². The summed E-state index contributed by atoms with van der Waals surface area (Å²) in [7, 11) is -3.79. The van der Waals surface area contributed by atoms with Gasteiger partial charge in [0, 0.05) is 16.6 Å². The summed E-state index contributed by atoms with van der Waals surface area (Å²) in [6.45, 7) is 4.46. The van der Waals surface area contributed by atoms with Gasteiger partial charge in [0.2, 0.25) is 10.0 Å². The van der Waals surface area contributed by atoms with E-state index in [0.29, 0.717) is 22.8 Å². The molecule has 6 nitrogen and oxygen atoms in total. The maximum atomic E-state index is 12.7. The van der Waals surface area contributed by atoms with E-state index in [1.165, 1.54) is 23.9 Å². The number of aromatic nitrogens is 2. The Morgan fingerprint density at radius 2 is 1.93 bits per heavy atom. The molecule has 0 unspecified atom stereocenters. The van der Waals surface area contributed by atoms with E-state index in [2.05, 4.69) is 20.9 Å². The zero-order chi connectivity index (χ0) is 19.8. The van der Waals surface area contributed by atoms with Crippen LogP contribution in [0.5, 0.6) is 0 Å². The third-order valence-electron chi connectivity index (χ3n) is 4.11. The first kappa shape index (κ1) is 20.1. The van der Waals surface area contributed by atoms with Crippen LogP contribution in [0.2, 0.25) is 0 Å². The van der Waals surface area contributed by atoms with E-state index in [-0.39, 0.29) is 15.9 Å². The summed E-state index contributed by atoms with van der Waals surface area (Å²) in [5.41, 5.74) is 1.97. The number of imidazole rings is 1. The predicted octanol–water partition coefficient (Wildman–Crippen LogP) is 3.83. The minimum absolute atomic E-state index is 0.00688. The number of Topliss-reactive ketones (excluding diaryl/α,β-unsaturated/α-hetero) is 1. The molecule has 9 heteroatoms. The SMILES string of the molecule is CCn1c(S[C@@H](C)C(=O)c2ccc(Br)cc2)nc2cc(S(N)(=O)=O)ccc21. The lowest BCUT2D eigenvalue weighted by atomic mass is 10.1. The van der Waals surface area contributed by atoms with Gasteiger partial charge in [-0.2, -0.15) is 0 Å². The molecule has 3 rings (SSSR count). The molecular weight excluding hydrogens is 450 g/mol. The van der Waals surface area contributed by atoms with Crippen molar-refractivity contribution in [1.82, 2.24) is 9.55 Å². The molecule has 0 bridgehead atoms. The summed E-state index contributed by atoms with van der Waals surface area (Å²) in [5.74, 6) is 0.00688. The lowest BCUT2D eigenvalue weighted by Gasteiger charge is -2.11. The van der Waals surface area contributed by atoms with Crippen molar-refractivity contribution in [3.05, 3.63) is 52.5 Å². The van der Waals surface area contributed by atoms with E-state index in [9.17, 15) is 13.2 Å². The van der Waals surface area contributed by atoms with E-state index < -0.39 is 10.0 Å². The molecule has 0 saturated carbocycles. The molecule has 0 saturated heterocycles. The second-order valence-corrected chi connectivity index (χ2v) is 9.75. The number of fused-ring (bicyclic) bond motifs is 1. The molecule has 0 amide bonds. The Labute approximate surface area is 170 Å². The van der Waals surface area contributed by atoms with Crippen molar-refractivity contribution >= 4 is 54.5 Å². The van der Waals surface area contributed by atoms with Crippen LogP contribution in [0.3, 0.4) is 0 Å². The van der Waals surface area contributed by atoms with Crippen LogP contribution in [0.25, 0.3) is 11.0 Å². The molecule has 0 aliphatic heterocycles. The van der Waals surface area contributed by atoms with Gasteiger partial charge in [-0.15, -0.1) is 0 Å². The summed E-state index contributed by atoms with van der Waals surface area (Å²) in [5, 5.41) is 5.53.